The number of hydrogen-bond donors (Lipinski definition) is 1. The predicted molar refractivity (Wildman–Crippen MR) is 87.1 cm³/mol. The first kappa shape index (κ1) is 13.8. The Labute approximate surface area is 133 Å². The molecule has 1 aromatic carbocycles. The third kappa shape index (κ3) is 2.77. The van der Waals surface area contributed by atoms with Gasteiger partial charge in [0, 0.05) is 23.8 Å². The highest BCUT2D eigenvalue weighted by Crippen LogP contribution is 2.21. The highest BCUT2D eigenvalue weighted by Gasteiger charge is 2.20. The van der Waals surface area contributed by atoms with E-state index in [0.717, 1.165) is 24.6 Å². The normalized spacial score (nSPS) is 16.8. The van der Waals surface area contributed by atoms with Crippen LogP contribution in [0.3, 0.4) is 0 Å². The molecule has 2 heterocycles. The molecule has 0 saturated heterocycles. The summed E-state index contributed by atoms with van der Waals surface area (Å²) in [5.74, 6) is -0.0902. The van der Waals surface area contributed by atoms with E-state index >= 15 is 0 Å². The van der Waals surface area contributed by atoms with Crippen molar-refractivity contribution in [3.63, 3.8) is 0 Å². The minimum absolute atomic E-state index is 0.0902. The van der Waals surface area contributed by atoms with Crippen LogP contribution in [0.15, 0.2) is 49.1 Å². The molecule has 1 amide bonds. The van der Waals surface area contributed by atoms with Crippen LogP contribution in [0, 0.1) is 0 Å². The molecule has 0 aliphatic heterocycles. The van der Waals surface area contributed by atoms with Crippen LogP contribution in [0.1, 0.15) is 27.9 Å². The molecule has 0 saturated carbocycles. The number of aryl methyl sites for hydroxylation is 1. The van der Waals surface area contributed by atoms with E-state index in [0.29, 0.717) is 11.2 Å². The Balaban J connectivity index is 1.51. The number of nitrogens with zero attached hydrogens (tertiary/aromatic N) is 3. The number of rotatable bonds is 2. The van der Waals surface area contributed by atoms with Gasteiger partial charge in [0.05, 0.1) is 5.56 Å². The lowest BCUT2D eigenvalue weighted by molar-refractivity contribution is 0.0933. The van der Waals surface area contributed by atoms with Crippen molar-refractivity contribution >= 4 is 16.9 Å². The van der Waals surface area contributed by atoms with Crippen LogP contribution in [0.25, 0.3) is 11.0 Å². The first-order valence-corrected chi connectivity index (χ1v) is 7.73. The van der Waals surface area contributed by atoms with Gasteiger partial charge in [0.15, 0.2) is 5.65 Å². The quantitative estimate of drug-likeness (QED) is 0.789. The van der Waals surface area contributed by atoms with E-state index < -0.39 is 0 Å². The molecule has 3 aromatic rings. The Morgan fingerprint density at radius 2 is 2.00 bits per heavy atom. The van der Waals surface area contributed by atoms with Crippen LogP contribution < -0.4 is 5.32 Å². The fraction of sp³-hybridized carbons (Fsp3) is 0.222. The largest absolute Gasteiger partial charge is 0.349 e. The van der Waals surface area contributed by atoms with Crippen molar-refractivity contribution < 1.29 is 4.79 Å². The summed E-state index contributed by atoms with van der Waals surface area (Å²) >= 11 is 0. The number of carbonyl (C=O) groups is 1. The molecule has 4 rings (SSSR count). The number of fused-ring (bicyclic) bond motifs is 2. The van der Waals surface area contributed by atoms with Crippen LogP contribution in [-0.4, -0.2) is 26.9 Å². The van der Waals surface area contributed by atoms with Crippen LogP contribution in [-0.2, 0) is 12.8 Å². The maximum Gasteiger partial charge on any atom is 0.253 e. The van der Waals surface area contributed by atoms with E-state index in [9.17, 15) is 4.79 Å². The van der Waals surface area contributed by atoms with Gasteiger partial charge in [-0.15, -0.1) is 0 Å². The Morgan fingerprint density at radius 1 is 1.13 bits per heavy atom. The number of nitrogens with one attached hydrogen (secondary N) is 1. The zero-order valence-corrected chi connectivity index (χ0v) is 12.6. The minimum Gasteiger partial charge on any atom is -0.349 e. The Morgan fingerprint density at radius 3 is 2.91 bits per heavy atom. The lowest BCUT2D eigenvalue weighted by Gasteiger charge is -2.25. The molecule has 23 heavy (non-hydrogen) atoms. The zero-order valence-electron chi connectivity index (χ0n) is 12.6. The van der Waals surface area contributed by atoms with Crippen LogP contribution in [0.4, 0.5) is 0 Å². The van der Waals surface area contributed by atoms with Gasteiger partial charge in [0.2, 0.25) is 0 Å². The summed E-state index contributed by atoms with van der Waals surface area (Å²) in [4.78, 5) is 24.7. The van der Waals surface area contributed by atoms with Crippen LogP contribution >= 0.6 is 0 Å². The fourth-order valence-electron chi connectivity index (χ4n) is 3.09. The summed E-state index contributed by atoms with van der Waals surface area (Å²) in [5.41, 5.74) is 3.87. The van der Waals surface area contributed by atoms with Crippen molar-refractivity contribution in [2.24, 2.45) is 0 Å². The van der Waals surface area contributed by atoms with Crippen molar-refractivity contribution in [3.05, 3.63) is 65.7 Å². The number of carbonyl (C=O) groups excluding carboxylic acids is 1. The highest BCUT2D eigenvalue weighted by molar-refractivity contribution is 5.96. The van der Waals surface area contributed by atoms with Gasteiger partial charge in [0.1, 0.15) is 6.33 Å². The third-order valence-electron chi connectivity index (χ3n) is 4.30. The van der Waals surface area contributed by atoms with Gasteiger partial charge < -0.3 is 5.32 Å². The van der Waals surface area contributed by atoms with Gasteiger partial charge in [0.25, 0.3) is 5.91 Å². The van der Waals surface area contributed by atoms with Crippen molar-refractivity contribution in [2.75, 3.05) is 0 Å². The molecular formula is C18H16N4O. The molecule has 114 valence electrons. The monoisotopic (exact) mass is 304 g/mol. The van der Waals surface area contributed by atoms with Gasteiger partial charge in [-0.25, -0.2) is 15.0 Å². The number of pyridine rings is 1. The second kappa shape index (κ2) is 5.76. The zero-order chi connectivity index (χ0) is 15.6. The first-order chi connectivity index (χ1) is 11.3. The predicted octanol–water partition coefficient (Wildman–Crippen LogP) is 2.31. The molecule has 1 aliphatic rings. The third-order valence-corrected chi connectivity index (χ3v) is 4.30. The van der Waals surface area contributed by atoms with Gasteiger partial charge in [-0.05, 0) is 36.5 Å². The summed E-state index contributed by atoms with van der Waals surface area (Å²) in [6, 6.07) is 10.4. The van der Waals surface area contributed by atoms with Crippen molar-refractivity contribution in [1.82, 2.24) is 20.3 Å². The van der Waals surface area contributed by atoms with Gasteiger partial charge in [-0.3, -0.25) is 4.79 Å². The second-order valence-electron chi connectivity index (χ2n) is 5.84. The van der Waals surface area contributed by atoms with E-state index in [-0.39, 0.29) is 11.9 Å². The van der Waals surface area contributed by atoms with Crippen LogP contribution in [0.5, 0.6) is 0 Å². The first-order valence-electron chi connectivity index (χ1n) is 7.73. The van der Waals surface area contributed by atoms with E-state index in [4.69, 9.17) is 0 Å². The highest BCUT2D eigenvalue weighted by atomic mass is 16.1. The fourth-order valence-corrected chi connectivity index (χ4v) is 3.09. The lowest BCUT2D eigenvalue weighted by Crippen LogP contribution is -2.38. The topological polar surface area (TPSA) is 67.8 Å². The SMILES string of the molecule is O=C(NC1CCc2ccccc2C1)c1cnc2ncncc2c1. The molecule has 2 aromatic heterocycles. The van der Waals surface area contributed by atoms with Crippen molar-refractivity contribution in [2.45, 2.75) is 25.3 Å². The van der Waals surface area contributed by atoms with E-state index in [1.54, 1.807) is 18.5 Å². The molecule has 1 atom stereocenters. The molecule has 0 fully saturated rings. The second-order valence-corrected chi connectivity index (χ2v) is 5.84. The summed E-state index contributed by atoms with van der Waals surface area (Å²) in [7, 11) is 0. The Bertz CT molecular complexity index is 878. The maximum atomic E-state index is 12.5. The molecule has 5 nitrogen and oxygen atoms in total. The van der Waals surface area contributed by atoms with Crippen molar-refractivity contribution in [3.8, 4) is 0 Å². The Hall–Kier alpha value is -2.82. The number of amides is 1. The standard InChI is InChI=1S/C18H16N4O/c23-18(15-7-14-9-19-11-21-17(14)20-10-15)22-16-6-5-12-3-1-2-4-13(12)8-16/h1-4,7,9-11,16H,5-6,8H2,(H,22,23). The van der Waals surface area contributed by atoms with E-state index in [1.165, 1.54) is 17.5 Å². The van der Waals surface area contributed by atoms with Crippen LogP contribution in [0.2, 0.25) is 0 Å². The molecular weight excluding hydrogens is 288 g/mol. The maximum absolute atomic E-state index is 12.5. The number of hydrogen-bond acceptors (Lipinski definition) is 4. The minimum atomic E-state index is -0.0902. The number of benzene rings is 1. The summed E-state index contributed by atoms with van der Waals surface area (Å²) in [6.07, 6.45) is 7.54. The molecule has 5 heteroatoms. The summed E-state index contributed by atoms with van der Waals surface area (Å²) in [6.45, 7) is 0. The average molecular weight is 304 g/mol. The average Bonchev–Trinajstić information content (AvgIpc) is 2.61. The van der Waals surface area contributed by atoms with Gasteiger partial charge in [-0.2, -0.15) is 0 Å². The van der Waals surface area contributed by atoms with E-state index in [2.05, 4.69) is 44.5 Å². The van der Waals surface area contributed by atoms with Gasteiger partial charge >= 0.3 is 0 Å². The Kier molecular flexibility index (Phi) is 3.46. The molecule has 1 N–H and O–H groups in total. The van der Waals surface area contributed by atoms with E-state index in [1.807, 2.05) is 0 Å². The summed E-state index contributed by atoms with van der Waals surface area (Å²) in [5, 5.41) is 3.89. The molecule has 0 bridgehead atoms. The molecule has 0 radical (unpaired) electrons. The lowest BCUT2D eigenvalue weighted by atomic mass is 9.88. The van der Waals surface area contributed by atoms with Crippen molar-refractivity contribution in [1.29, 1.82) is 0 Å². The summed E-state index contributed by atoms with van der Waals surface area (Å²) < 4.78 is 0. The number of aromatic nitrogens is 3. The molecule has 1 unspecified atom stereocenters. The molecule has 1 aliphatic carbocycles. The van der Waals surface area contributed by atoms with Gasteiger partial charge in [-0.1, -0.05) is 24.3 Å². The molecule has 0 spiro atoms. The smallest absolute Gasteiger partial charge is 0.253 e.